The van der Waals surface area contributed by atoms with E-state index in [1.807, 2.05) is 45.0 Å². The van der Waals surface area contributed by atoms with Crippen molar-refractivity contribution in [2.24, 2.45) is 0 Å². The van der Waals surface area contributed by atoms with E-state index in [2.05, 4.69) is 36.3 Å². The summed E-state index contributed by atoms with van der Waals surface area (Å²) in [5, 5.41) is 17.3. The molecule has 0 aliphatic carbocycles. The quantitative estimate of drug-likeness (QED) is 0.297. The van der Waals surface area contributed by atoms with Crippen molar-refractivity contribution in [1.82, 2.24) is 19.7 Å². The van der Waals surface area contributed by atoms with Gasteiger partial charge < -0.3 is 10.3 Å². The molecule has 0 atom stereocenters. The van der Waals surface area contributed by atoms with Gasteiger partial charge in [-0.05, 0) is 56.7 Å². The molecule has 0 fully saturated rings. The summed E-state index contributed by atoms with van der Waals surface area (Å²) in [6.45, 7) is 5.93. The molecular formula is C25H21BrN6O2. The number of H-pyrrole nitrogens is 1. The van der Waals surface area contributed by atoms with Crippen molar-refractivity contribution in [3.8, 4) is 17.3 Å². The second kappa shape index (κ2) is 9.08. The molecule has 4 rings (SSSR count). The van der Waals surface area contributed by atoms with Crippen LogP contribution in [0.3, 0.4) is 0 Å². The Morgan fingerprint density at radius 1 is 1.21 bits per heavy atom. The fraction of sp³-hybridized carbons (Fsp3) is 0.160. The number of rotatable bonds is 4. The van der Waals surface area contributed by atoms with E-state index in [9.17, 15) is 14.9 Å². The summed E-state index contributed by atoms with van der Waals surface area (Å²) < 4.78 is 2.56. The summed E-state index contributed by atoms with van der Waals surface area (Å²) in [5.41, 5.74) is 2.03. The highest BCUT2D eigenvalue weighted by Gasteiger charge is 2.24. The molecule has 2 aromatic carbocycles. The van der Waals surface area contributed by atoms with Crippen LogP contribution in [0.4, 0.5) is 5.69 Å². The van der Waals surface area contributed by atoms with Crippen LogP contribution >= 0.6 is 15.9 Å². The molecule has 170 valence electrons. The number of aromatic nitrogens is 4. The highest BCUT2D eigenvalue weighted by molar-refractivity contribution is 9.10. The van der Waals surface area contributed by atoms with E-state index in [0.29, 0.717) is 28.0 Å². The van der Waals surface area contributed by atoms with E-state index < -0.39 is 11.4 Å². The molecule has 0 unspecified atom stereocenters. The van der Waals surface area contributed by atoms with E-state index in [0.717, 1.165) is 10.0 Å². The van der Waals surface area contributed by atoms with Gasteiger partial charge in [0.15, 0.2) is 5.65 Å². The Labute approximate surface area is 204 Å². The summed E-state index contributed by atoms with van der Waals surface area (Å²) in [4.78, 5) is 32.4. The van der Waals surface area contributed by atoms with E-state index >= 15 is 0 Å². The zero-order chi connectivity index (χ0) is 24.5. The molecule has 0 saturated carbocycles. The number of hydrogen-bond donors (Lipinski definition) is 2. The van der Waals surface area contributed by atoms with Crippen LogP contribution in [0.2, 0.25) is 0 Å². The largest absolute Gasteiger partial charge is 0.321 e. The molecule has 4 aromatic rings. The zero-order valence-electron chi connectivity index (χ0n) is 18.8. The first kappa shape index (κ1) is 23.1. The third-order valence-electron chi connectivity index (χ3n) is 5.02. The van der Waals surface area contributed by atoms with Crippen LogP contribution in [0.1, 0.15) is 26.3 Å². The van der Waals surface area contributed by atoms with Gasteiger partial charge in [-0.1, -0.05) is 40.2 Å². The fourth-order valence-corrected chi connectivity index (χ4v) is 3.90. The molecule has 0 saturated heterocycles. The van der Waals surface area contributed by atoms with Crippen molar-refractivity contribution in [2.75, 3.05) is 5.32 Å². The number of carbonyl (C=O) groups is 1. The predicted molar refractivity (Wildman–Crippen MR) is 135 cm³/mol. The third kappa shape index (κ3) is 4.67. The lowest BCUT2D eigenvalue weighted by Gasteiger charge is -2.19. The first-order valence-corrected chi connectivity index (χ1v) is 11.2. The number of nitriles is 1. The molecule has 9 heteroatoms. The molecule has 0 spiro atoms. The fourth-order valence-electron chi connectivity index (χ4n) is 3.49. The topological polar surface area (TPSA) is 116 Å². The molecule has 1 amide bonds. The number of halogens is 1. The monoisotopic (exact) mass is 516 g/mol. The number of amides is 1. The van der Waals surface area contributed by atoms with Gasteiger partial charge in [0.05, 0.1) is 11.9 Å². The zero-order valence-corrected chi connectivity index (χ0v) is 20.3. The van der Waals surface area contributed by atoms with E-state index in [1.54, 1.807) is 35.0 Å². The van der Waals surface area contributed by atoms with Crippen LogP contribution < -0.4 is 10.9 Å². The van der Waals surface area contributed by atoms with Crippen molar-refractivity contribution in [3.63, 3.8) is 0 Å². The summed E-state index contributed by atoms with van der Waals surface area (Å²) in [7, 11) is 0. The average Bonchev–Trinajstić information content (AvgIpc) is 3.19. The first-order chi connectivity index (χ1) is 16.2. The molecule has 0 bridgehead atoms. The summed E-state index contributed by atoms with van der Waals surface area (Å²) >= 11 is 3.38. The normalized spacial score (nSPS) is 11.9. The minimum atomic E-state index is -0.538. The van der Waals surface area contributed by atoms with Crippen LogP contribution in [0, 0.1) is 11.3 Å². The van der Waals surface area contributed by atoms with Gasteiger partial charge in [-0.2, -0.15) is 10.4 Å². The molecule has 34 heavy (non-hydrogen) atoms. The second-order valence-electron chi connectivity index (χ2n) is 8.62. The minimum absolute atomic E-state index is 0.0355. The van der Waals surface area contributed by atoms with E-state index in [1.165, 1.54) is 12.4 Å². The molecule has 2 aromatic heterocycles. The van der Waals surface area contributed by atoms with Crippen LogP contribution in [-0.2, 0) is 10.3 Å². The Balaban J connectivity index is 1.71. The van der Waals surface area contributed by atoms with E-state index in [-0.39, 0.29) is 11.1 Å². The predicted octanol–water partition coefficient (Wildman–Crippen LogP) is 4.85. The lowest BCUT2D eigenvalue weighted by molar-refractivity contribution is -0.112. The maximum Gasteiger partial charge on any atom is 0.266 e. The van der Waals surface area contributed by atoms with Crippen LogP contribution in [-0.4, -0.2) is 25.7 Å². The number of anilines is 1. The molecule has 8 nitrogen and oxygen atoms in total. The number of carbonyl (C=O) groups excluding carboxylic acids is 1. The van der Waals surface area contributed by atoms with Gasteiger partial charge in [0, 0.05) is 15.7 Å². The highest BCUT2D eigenvalue weighted by atomic mass is 79.9. The van der Waals surface area contributed by atoms with Crippen LogP contribution in [0.25, 0.3) is 28.4 Å². The minimum Gasteiger partial charge on any atom is -0.321 e. The number of hydrogen-bond acceptors (Lipinski definition) is 5. The molecular weight excluding hydrogens is 496 g/mol. The van der Waals surface area contributed by atoms with Gasteiger partial charge in [0.1, 0.15) is 22.7 Å². The van der Waals surface area contributed by atoms with Crippen molar-refractivity contribution in [2.45, 2.75) is 26.3 Å². The van der Waals surface area contributed by atoms with Gasteiger partial charge in [0.25, 0.3) is 11.5 Å². The Morgan fingerprint density at radius 2 is 1.97 bits per heavy atom. The molecule has 0 aliphatic heterocycles. The third-order valence-corrected chi connectivity index (χ3v) is 5.52. The smallest absolute Gasteiger partial charge is 0.266 e. The SMILES string of the molecule is CC(C)(C)n1nc(-c2cccc(NC(=O)/C(C#N)=C/c3cccc(Br)c3)c2)c2c(=O)[nH]cnc21. The second-order valence-corrected chi connectivity index (χ2v) is 9.54. The number of aromatic amines is 1. The van der Waals surface area contributed by atoms with Gasteiger partial charge in [-0.15, -0.1) is 0 Å². The molecule has 0 aliphatic rings. The van der Waals surface area contributed by atoms with Gasteiger partial charge in [-0.25, -0.2) is 9.67 Å². The number of fused-ring (bicyclic) bond motifs is 1. The van der Waals surface area contributed by atoms with E-state index in [4.69, 9.17) is 0 Å². The molecule has 2 N–H and O–H groups in total. The number of nitrogens with zero attached hydrogens (tertiary/aromatic N) is 4. The van der Waals surface area contributed by atoms with Crippen LogP contribution in [0.5, 0.6) is 0 Å². The summed E-state index contributed by atoms with van der Waals surface area (Å²) in [6, 6.07) is 16.2. The first-order valence-electron chi connectivity index (χ1n) is 10.4. The number of benzene rings is 2. The van der Waals surface area contributed by atoms with Gasteiger partial charge in [0.2, 0.25) is 0 Å². The lowest BCUT2D eigenvalue weighted by atomic mass is 10.1. The summed E-state index contributed by atoms with van der Waals surface area (Å²) in [5.74, 6) is -0.538. The molecule has 0 radical (unpaired) electrons. The Morgan fingerprint density at radius 3 is 2.68 bits per heavy atom. The van der Waals surface area contributed by atoms with Crippen LogP contribution in [0.15, 0.2) is 69.7 Å². The Bertz CT molecular complexity index is 1540. The maximum absolute atomic E-state index is 12.8. The lowest BCUT2D eigenvalue weighted by Crippen LogP contribution is -2.23. The van der Waals surface area contributed by atoms with Crippen molar-refractivity contribution in [1.29, 1.82) is 5.26 Å². The Hall–Kier alpha value is -4.03. The molecule has 2 heterocycles. The van der Waals surface area contributed by atoms with Crippen molar-refractivity contribution >= 4 is 44.6 Å². The van der Waals surface area contributed by atoms with Gasteiger partial charge in [-0.3, -0.25) is 9.59 Å². The van der Waals surface area contributed by atoms with Gasteiger partial charge >= 0.3 is 0 Å². The average molecular weight is 517 g/mol. The number of nitrogens with one attached hydrogen (secondary N) is 2. The maximum atomic E-state index is 12.8. The van der Waals surface area contributed by atoms with Crippen molar-refractivity contribution in [3.05, 3.63) is 80.8 Å². The Kier molecular flexibility index (Phi) is 6.18. The highest BCUT2D eigenvalue weighted by Crippen LogP contribution is 2.29. The van der Waals surface area contributed by atoms with Crippen molar-refractivity contribution < 1.29 is 4.79 Å². The summed E-state index contributed by atoms with van der Waals surface area (Å²) in [6.07, 6.45) is 2.88. The standard InChI is InChI=1S/C25H21BrN6O2/c1-25(2,3)32-22-20(24(34)29-14-28-22)21(31-32)16-7-5-9-19(12-16)30-23(33)17(13-27)10-15-6-4-8-18(26)11-15/h4-12,14H,1-3H3,(H,30,33)(H,28,29,34)/b17-10+.